The van der Waals surface area contributed by atoms with Gasteiger partial charge in [0.05, 0.1) is 36.6 Å². The molecule has 1 saturated heterocycles. The van der Waals surface area contributed by atoms with Crippen molar-refractivity contribution in [3.8, 4) is 0 Å². The van der Waals surface area contributed by atoms with Crippen LogP contribution in [0.5, 0.6) is 0 Å². The average molecular weight is 759 g/mol. The van der Waals surface area contributed by atoms with Crippen molar-refractivity contribution in [2.75, 3.05) is 11.9 Å². The molecule has 5 unspecified atom stereocenters. The zero-order chi connectivity index (χ0) is 38.3. The first kappa shape index (κ1) is 38.9. The number of para-hydroxylation sites is 2. The van der Waals surface area contributed by atoms with Crippen LogP contribution in [0, 0.1) is 0 Å². The van der Waals surface area contributed by atoms with Gasteiger partial charge in [-0.15, -0.1) is 0 Å². The van der Waals surface area contributed by atoms with E-state index in [0.29, 0.717) is 16.6 Å². The second-order valence-corrected chi connectivity index (χ2v) is 15.2. The first-order chi connectivity index (χ1) is 25.9. The normalized spacial score (nSPS) is 20.4. The number of nitrogens with zero attached hydrogens (tertiary/aromatic N) is 1. The number of ether oxygens (including phenoxy) is 3. The van der Waals surface area contributed by atoms with Crippen LogP contribution >= 0.6 is 7.82 Å². The molecule has 0 bridgehead atoms. The highest BCUT2D eigenvalue weighted by molar-refractivity contribution is 7.48. The predicted octanol–water partition coefficient (Wildman–Crippen LogP) is 7.39. The SMILES string of the molecule is CC(C)(C)OC(=O)Nc1ccccc1C(=O)OC1C(OP(=O)(OCc2ccccc2)OCc2ccccc2)C(O)C(CO)OC1n1ccc2ccccc21. The Morgan fingerprint density at radius 2 is 1.41 bits per heavy atom. The van der Waals surface area contributed by atoms with E-state index in [2.05, 4.69) is 5.32 Å². The van der Waals surface area contributed by atoms with Gasteiger partial charge >= 0.3 is 19.9 Å². The molecule has 0 spiro atoms. The summed E-state index contributed by atoms with van der Waals surface area (Å²) in [6, 6.07) is 33.2. The van der Waals surface area contributed by atoms with E-state index < -0.39 is 62.7 Å². The highest BCUT2D eigenvalue weighted by atomic mass is 31.2. The van der Waals surface area contributed by atoms with E-state index in [4.69, 9.17) is 27.8 Å². The molecular formula is C40H43N2O11P. The summed E-state index contributed by atoms with van der Waals surface area (Å²) in [5.41, 5.74) is 1.23. The number of nitrogens with one attached hydrogen (secondary N) is 1. The second kappa shape index (κ2) is 17.1. The van der Waals surface area contributed by atoms with E-state index in [-0.39, 0.29) is 24.5 Å². The predicted molar refractivity (Wildman–Crippen MR) is 199 cm³/mol. The summed E-state index contributed by atoms with van der Waals surface area (Å²) >= 11 is 0. The maximum absolute atomic E-state index is 14.7. The minimum Gasteiger partial charge on any atom is -0.451 e. The molecule has 0 aliphatic carbocycles. The summed E-state index contributed by atoms with van der Waals surface area (Å²) in [6.07, 6.45) is -6.49. The minimum atomic E-state index is -4.62. The Morgan fingerprint density at radius 3 is 2.04 bits per heavy atom. The van der Waals surface area contributed by atoms with Crippen LogP contribution in [0.3, 0.4) is 0 Å². The number of aromatic nitrogens is 1. The number of benzene rings is 4. The fourth-order valence-corrected chi connectivity index (χ4v) is 7.28. The first-order valence-electron chi connectivity index (χ1n) is 17.4. The van der Waals surface area contributed by atoms with Crippen LogP contribution in [-0.2, 0) is 45.6 Å². The molecule has 6 rings (SSSR count). The third-order valence-electron chi connectivity index (χ3n) is 8.46. The average Bonchev–Trinajstić information content (AvgIpc) is 3.59. The summed E-state index contributed by atoms with van der Waals surface area (Å²) in [6.45, 7) is 4.08. The summed E-state index contributed by atoms with van der Waals surface area (Å²) in [4.78, 5) is 26.9. The first-order valence-corrected chi connectivity index (χ1v) is 18.8. The van der Waals surface area contributed by atoms with Crippen LogP contribution in [0.1, 0.15) is 48.5 Å². The van der Waals surface area contributed by atoms with Gasteiger partial charge in [0.25, 0.3) is 0 Å². The molecule has 1 aliphatic rings. The van der Waals surface area contributed by atoms with Crippen molar-refractivity contribution < 1.29 is 52.1 Å². The number of anilines is 1. The van der Waals surface area contributed by atoms with Crippen molar-refractivity contribution in [1.82, 2.24) is 4.57 Å². The van der Waals surface area contributed by atoms with Crippen molar-refractivity contribution in [3.63, 3.8) is 0 Å². The Labute approximate surface area is 312 Å². The van der Waals surface area contributed by atoms with Crippen molar-refractivity contribution in [3.05, 3.63) is 138 Å². The molecule has 13 nitrogen and oxygen atoms in total. The molecule has 5 aromatic rings. The molecule has 0 radical (unpaired) electrons. The molecule has 1 aliphatic heterocycles. The monoisotopic (exact) mass is 758 g/mol. The van der Waals surface area contributed by atoms with Crippen molar-refractivity contribution in [2.24, 2.45) is 0 Å². The highest BCUT2D eigenvalue weighted by Gasteiger charge is 2.52. The van der Waals surface area contributed by atoms with E-state index >= 15 is 0 Å². The number of rotatable bonds is 13. The van der Waals surface area contributed by atoms with E-state index in [0.717, 1.165) is 5.39 Å². The van der Waals surface area contributed by atoms with Gasteiger partial charge in [-0.2, -0.15) is 0 Å². The number of hydrogen-bond acceptors (Lipinski definition) is 11. The number of fused-ring (bicyclic) bond motifs is 1. The Bertz CT molecular complexity index is 2020. The molecule has 1 amide bonds. The van der Waals surface area contributed by atoms with Gasteiger partial charge in [-0.25, -0.2) is 14.2 Å². The molecule has 5 atom stereocenters. The summed E-state index contributed by atoms with van der Waals surface area (Å²) < 4.78 is 52.1. The molecule has 2 heterocycles. The van der Waals surface area contributed by atoms with Gasteiger partial charge < -0.3 is 29.0 Å². The lowest BCUT2D eigenvalue weighted by molar-refractivity contribution is -0.247. The van der Waals surface area contributed by atoms with Crippen LogP contribution in [0.4, 0.5) is 10.5 Å². The molecule has 3 N–H and O–H groups in total. The lowest BCUT2D eigenvalue weighted by Gasteiger charge is -2.44. The molecule has 1 fully saturated rings. The van der Waals surface area contributed by atoms with Gasteiger partial charge in [0.1, 0.15) is 23.9 Å². The van der Waals surface area contributed by atoms with Crippen LogP contribution in [0.2, 0.25) is 0 Å². The van der Waals surface area contributed by atoms with Crippen molar-refractivity contribution in [1.29, 1.82) is 0 Å². The van der Waals surface area contributed by atoms with E-state index in [9.17, 15) is 24.4 Å². The van der Waals surface area contributed by atoms with E-state index in [1.807, 2.05) is 42.5 Å². The summed E-state index contributed by atoms with van der Waals surface area (Å²) in [5.74, 6) is -0.940. The largest absolute Gasteiger partial charge is 0.475 e. The van der Waals surface area contributed by atoms with E-state index in [1.165, 1.54) is 12.1 Å². The second-order valence-electron chi connectivity index (χ2n) is 13.6. The van der Waals surface area contributed by atoms with Crippen LogP contribution in [-0.4, -0.2) is 63.5 Å². The number of phosphoric ester groups is 1. The maximum Gasteiger partial charge on any atom is 0.475 e. The third-order valence-corrected chi connectivity index (χ3v) is 9.85. The third kappa shape index (κ3) is 9.62. The summed E-state index contributed by atoms with van der Waals surface area (Å²) in [7, 11) is -4.62. The quantitative estimate of drug-likeness (QED) is 0.0810. The molecule has 284 valence electrons. The number of esters is 1. The zero-order valence-electron chi connectivity index (χ0n) is 30.0. The number of aliphatic hydroxyl groups excluding tert-OH is 2. The number of carbonyl (C=O) groups excluding carboxylic acids is 2. The number of carbonyl (C=O) groups is 2. The highest BCUT2D eigenvalue weighted by Crippen LogP contribution is 2.54. The van der Waals surface area contributed by atoms with Gasteiger partial charge in [-0.05, 0) is 61.5 Å². The van der Waals surface area contributed by atoms with Gasteiger partial charge in [0.2, 0.25) is 0 Å². The standard InChI is InChI=1S/C40H43N2O11P/c1-40(2,3)52-39(46)41-31-20-12-11-19-30(31)38(45)51-36-35(34(44)33(24-43)50-37(36)42-23-22-29-18-10-13-21-32(29)42)53-54(47,48-25-27-14-6-4-7-15-27)49-26-28-16-8-5-9-17-28/h4-23,33-37,43-44H,24-26H2,1-3H3,(H,41,46). The summed E-state index contributed by atoms with van der Waals surface area (Å²) in [5, 5.41) is 25.5. The zero-order valence-corrected chi connectivity index (χ0v) is 30.9. The Kier molecular flexibility index (Phi) is 12.3. The molecule has 0 saturated carbocycles. The lowest BCUT2D eigenvalue weighted by atomic mass is 9.97. The smallest absolute Gasteiger partial charge is 0.451 e. The van der Waals surface area contributed by atoms with Crippen LogP contribution < -0.4 is 5.32 Å². The molecule has 4 aromatic carbocycles. The molecular weight excluding hydrogens is 715 g/mol. The van der Waals surface area contributed by atoms with Gasteiger partial charge in [0.15, 0.2) is 12.3 Å². The number of aliphatic hydroxyl groups is 2. The fraction of sp³-hybridized carbons (Fsp3) is 0.300. The topological polar surface area (TPSA) is 164 Å². The van der Waals surface area contributed by atoms with Gasteiger partial charge in [-0.1, -0.05) is 91.0 Å². The Morgan fingerprint density at radius 1 is 0.815 bits per heavy atom. The number of amides is 1. The Hall–Kier alpha value is -4.85. The van der Waals surface area contributed by atoms with Gasteiger partial charge in [0, 0.05) is 6.20 Å². The maximum atomic E-state index is 14.7. The van der Waals surface area contributed by atoms with Crippen LogP contribution in [0.25, 0.3) is 10.9 Å². The molecule has 1 aromatic heterocycles. The molecule has 54 heavy (non-hydrogen) atoms. The van der Waals surface area contributed by atoms with Crippen molar-refractivity contribution in [2.45, 2.75) is 70.2 Å². The fourth-order valence-electron chi connectivity index (χ4n) is 5.93. The lowest BCUT2D eigenvalue weighted by Crippen LogP contribution is -2.58. The van der Waals surface area contributed by atoms with Gasteiger partial charge in [-0.3, -0.25) is 18.9 Å². The Balaban J connectivity index is 1.38. The number of phosphoric acid groups is 1. The van der Waals surface area contributed by atoms with E-state index in [1.54, 1.807) is 92.2 Å². The van der Waals surface area contributed by atoms with Crippen LogP contribution in [0.15, 0.2) is 121 Å². The van der Waals surface area contributed by atoms with Crippen molar-refractivity contribution >= 4 is 36.5 Å². The molecule has 14 heteroatoms. The minimum absolute atomic E-state index is 0.0548. The number of hydrogen-bond donors (Lipinski definition) is 3.